The van der Waals surface area contributed by atoms with Gasteiger partial charge in [0.25, 0.3) is 13.4 Å². The second kappa shape index (κ2) is 28.7. The Morgan fingerprint density at radius 3 is 1.09 bits per heavy atom. The zero-order valence-electron chi connectivity index (χ0n) is 67.5. The van der Waals surface area contributed by atoms with Crippen molar-refractivity contribution in [2.24, 2.45) is 0 Å². The number of para-hydroxylation sites is 6. The SMILES string of the molecule is c1ccc(-c2cccc(-c3ccccc3)c2N2c3ccccc3B3c4cc5c(cc4Oc4cc(N(c6ccccc6)c6cccc7c6sc6ccccc67)cc2c43)N(c2cccc3sc4ccccc4c23)c2cc(N(c3ccccc3)c3cccc4c3sc3ccccc34)cc3c2B5c2ccccc2N3c2c(-c3ccccc3)cccc2-c2ccccc2)cc1. The first-order chi connectivity index (χ1) is 62.1. The summed E-state index contributed by atoms with van der Waals surface area (Å²) in [5.74, 6) is 1.58. The molecule has 3 aromatic heterocycles. The Morgan fingerprint density at radius 1 is 0.224 bits per heavy atom. The molecule has 0 unspecified atom stereocenters. The van der Waals surface area contributed by atoms with Crippen LogP contribution >= 0.6 is 34.0 Å². The molecule has 7 heterocycles. The van der Waals surface area contributed by atoms with Crippen LogP contribution < -0.4 is 62.0 Å². The number of rotatable bonds is 13. The van der Waals surface area contributed by atoms with Crippen molar-refractivity contribution in [2.75, 3.05) is 24.5 Å². The van der Waals surface area contributed by atoms with E-state index in [1.807, 2.05) is 34.0 Å². The van der Waals surface area contributed by atoms with E-state index in [-0.39, 0.29) is 13.4 Å². The minimum atomic E-state index is -0.339. The van der Waals surface area contributed by atoms with Crippen LogP contribution in [0, 0.1) is 0 Å². The molecule has 22 aromatic rings. The molecule has 0 saturated carbocycles. The number of ether oxygens (including phenoxy) is 1. The molecule has 0 N–H and O–H groups in total. The van der Waals surface area contributed by atoms with Crippen LogP contribution in [0.1, 0.15) is 0 Å². The summed E-state index contributed by atoms with van der Waals surface area (Å²) in [5, 5.41) is 7.34. The van der Waals surface area contributed by atoms with Gasteiger partial charge in [-0.05, 0) is 152 Å². The van der Waals surface area contributed by atoms with Gasteiger partial charge in [0.05, 0.1) is 49.2 Å². The third-order valence-electron chi connectivity index (χ3n) is 26.0. The van der Waals surface area contributed by atoms with Crippen molar-refractivity contribution in [2.45, 2.75) is 0 Å². The van der Waals surface area contributed by atoms with Gasteiger partial charge in [-0.25, -0.2) is 0 Å². The highest BCUT2D eigenvalue weighted by Crippen LogP contribution is 2.58. The van der Waals surface area contributed by atoms with Crippen LogP contribution in [0.2, 0.25) is 0 Å². The minimum Gasteiger partial charge on any atom is -0.458 e. The molecular weight excluding hydrogens is 1570 g/mol. The van der Waals surface area contributed by atoms with Crippen LogP contribution in [0.15, 0.2) is 431 Å². The summed E-state index contributed by atoms with van der Waals surface area (Å²) in [6, 6.07) is 161. The summed E-state index contributed by atoms with van der Waals surface area (Å²) in [5.41, 5.74) is 31.8. The smallest absolute Gasteiger partial charge is 0.256 e. The molecule has 0 aliphatic carbocycles. The zero-order valence-corrected chi connectivity index (χ0v) is 70.0. The highest BCUT2D eigenvalue weighted by molar-refractivity contribution is 7.27. The summed E-state index contributed by atoms with van der Waals surface area (Å²) in [7, 11) is 0. The molecule has 0 radical (unpaired) electrons. The van der Waals surface area contributed by atoms with Crippen LogP contribution in [-0.4, -0.2) is 13.4 Å². The van der Waals surface area contributed by atoms with E-state index in [2.05, 4.69) is 455 Å². The van der Waals surface area contributed by atoms with Crippen molar-refractivity contribution in [3.05, 3.63) is 431 Å². The Morgan fingerprint density at radius 2 is 0.592 bits per heavy atom. The number of benzene rings is 19. The van der Waals surface area contributed by atoms with E-state index in [0.717, 1.165) is 152 Å². The molecule has 0 saturated heterocycles. The molecule has 0 spiro atoms. The highest BCUT2D eigenvalue weighted by Gasteiger charge is 2.50. The summed E-state index contributed by atoms with van der Waals surface area (Å²) >= 11 is 5.58. The molecular formula is C114H71B2N5OS3. The van der Waals surface area contributed by atoms with Crippen LogP contribution in [0.5, 0.6) is 11.5 Å². The fourth-order valence-electron chi connectivity index (χ4n) is 20.8. The topological polar surface area (TPSA) is 25.4 Å². The van der Waals surface area contributed by atoms with Gasteiger partial charge < -0.3 is 29.2 Å². The quantitative estimate of drug-likeness (QED) is 0.107. The Bertz CT molecular complexity index is 8030. The lowest BCUT2D eigenvalue weighted by Crippen LogP contribution is -2.64. The van der Waals surface area contributed by atoms with Crippen LogP contribution in [0.3, 0.4) is 0 Å². The number of anilines is 15. The first-order valence-corrected chi connectivity index (χ1v) is 45.2. The van der Waals surface area contributed by atoms with Gasteiger partial charge in [0.1, 0.15) is 11.5 Å². The van der Waals surface area contributed by atoms with E-state index in [0.29, 0.717) is 0 Å². The fraction of sp³-hybridized carbons (Fsp3) is 0. The van der Waals surface area contributed by atoms with E-state index in [1.165, 1.54) is 82.4 Å². The van der Waals surface area contributed by atoms with E-state index < -0.39 is 0 Å². The predicted octanol–water partition coefficient (Wildman–Crippen LogP) is 28.9. The third-order valence-corrected chi connectivity index (χ3v) is 29.6. The maximum Gasteiger partial charge on any atom is 0.256 e. The maximum absolute atomic E-state index is 8.35. The van der Waals surface area contributed by atoms with Crippen LogP contribution in [-0.2, 0) is 0 Å². The van der Waals surface area contributed by atoms with Gasteiger partial charge in [-0.15, -0.1) is 34.0 Å². The molecule has 0 fully saturated rings. The largest absolute Gasteiger partial charge is 0.458 e. The highest BCUT2D eigenvalue weighted by atomic mass is 32.1. The minimum absolute atomic E-state index is 0.336. The number of nitrogens with zero attached hydrogens (tertiary/aromatic N) is 5. The first kappa shape index (κ1) is 71.5. The normalized spacial score (nSPS) is 12.8. The second-order valence-electron chi connectivity index (χ2n) is 32.8. The molecule has 6 nitrogen and oxygen atoms in total. The third kappa shape index (κ3) is 11.1. The standard InChI is InChI=1S/C114H71B2N5OS3/c1-7-34-72(35-8-1)80-49-29-50-81(73-36-9-2-10-37-73)111(80)120-93-57-24-22-55-89(93)115-91-70-92-102(71-98(91)119(95-59-33-65-107-108(95)88-48-21-28-64-106(88)123-107)99-66-78(67-100(120)109(99)115)117(76-42-15-5-16-43-76)96-60-31-53-86-84-46-19-26-62-104(84)124-113(86)96)122-103-69-79(118(77-44-17-6-18-45-77)97-61-32-54-87-85-47-20-27-63-105(85)125-114(87)97)68-101-110(103)116(92)90-56-23-25-58-94(90)121(101)112-82(74-38-11-3-12-39-74)51-30-52-83(112)75-40-13-4-14-41-75/h1-71H. The maximum atomic E-state index is 8.35. The number of hydrogen-bond acceptors (Lipinski definition) is 9. The van der Waals surface area contributed by atoms with Crippen molar-refractivity contribution < 1.29 is 4.74 Å². The van der Waals surface area contributed by atoms with Gasteiger partial charge >= 0.3 is 0 Å². The molecule has 0 atom stereocenters. The van der Waals surface area contributed by atoms with Gasteiger partial charge in [-0.3, -0.25) is 0 Å². The average molecular weight is 1640 g/mol. The molecule has 582 valence electrons. The lowest BCUT2D eigenvalue weighted by atomic mass is 9.30. The zero-order chi connectivity index (χ0) is 81.9. The number of thiophene rings is 3. The second-order valence-corrected chi connectivity index (χ2v) is 36.0. The average Bonchev–Trinajstić information content (AvgIpc) is 0.919. The van der Waals surface area contributed by atoms with Crippen molar-refractivity contribution in [3.63, 3.8) is 0 Å². The van der Waals surface area contributed by atoms with Crippen molar-refractivity contribution in [3.8, 4) is 56.0 Å². The Kier molecular flexibility index (Phi) is 16.4. The van der Waals surface area contributed by atoms with Crippen molar-refractivity contribution >= 4 is 226 Å². The van der Waals surface area contributed by atoms with Gasteiger partial charge in [0.2, 0.25) is 0 Å². The van der Waals surface area contributed by atoms with Gasteiger partial charge in [-0.1, -0.05) is 322 Å². The van der Waals surface area contributed by atoms with E-state index in [9.17, 15) is 0 Å². The molecule has 0 amide bonds. The summed E-state index contributed by atoms with van der Waals surface area (Å²) in [6.45, 7) is -0.674. The van der Waals surface area contributed by atoms with E-state index in [4.69, 9.17) is 4.74 Å². The van der Waals surface area contributed by atoms with Gasteiger partial charge in [0.15, 0.2) is 0 Å². The Balaban J connectivity index is 0.793. The summed E-state index contributed by atoms with van der Waals surface area (Å²) in [6.07, 6.45) is 0. The number of hydrogen-bond donors (Lipinski definition) is 0. The molecule has 19 aromatic carbocycles. The van der Waals surface area contributed by atoms with Crippen molar-refractivity contribution in [1.82, 2.24) is 0 Å². The molecule has 26 rings (SSSR count). The molecule has 4 aliphatic rings. The monoisotopic (exact) mass is 1640 g/mol. The summed E-state index contributed by atoms with van der Waals surface area (Å²) in [4.78, 5) is 13.0. The van der Waals surface area contributed by atoms with Gasteiger partial charge in [-0.2, -0.15) is 0 Å². The Labute approximate surface area is 736 Å². The molecule has 4 aliphatic heterocycles. The fourth-order valence-corrected chi connectivity index (χ4v) is 24.4. The molecule has 125 heavy (non-hydrogen) atoms. The Hall–Kier alpha value is -15.2. The lowest BCUT2D eigenvalue weighted by molar-refractivity contribution is 0.488. The van der Waals surface area contributed by atoms with Gasteiger partial charge in [0, 0.05) is 131 Å². The summed E-state index contributed by atoms with van der Waals surface area (Å²) < 4.78 is 15.7. The first-order valence-electron chi connectivity index (χ1n) is 42.8. The molecule has 0 bridgehead atoms. The van der Waals surface area contributed by atoms with Crippen molar-refractivity contribution in [1.29, 1.82) is 0 Å². The van der Waals surface area contributed by atoms with Crippen LogP contribution in [0.4, 0.5) is 85.3 Å². The van der Waals surface area contributed by atoms with Crippen LogP contribution in [0.25, 0.3) is 105 Å². The van der Waals surface area contributed by atoms with E-state index >= 15 is 0 Å². The molecule has 11 heteroatoms. The number of fused-ring (bicyclic) bond motifs is 17. The lowest BCUT2D eigenvalue weighted by Gasteiger charge is -2.46. The van der Waals surface area contributed by atoms with E-state index in [1.54, 1.807) is 0 Å². The predicted molar refractivity (Wildman–Crippen MR) is 536 cm³/mol.